The Morgan fingerprint density at radius 2 is 1.02 bits per heavy atom. The Bertz CT molecular complexity index is 2260. The number of nitrogens with zero attached hydrogens (tertiary/aromatic N) is 4. The quantitative estimate of drug-likeness (QED) is 0.234. The molecule has 0 amide bonds. The van der Waals surface area contributed by atoms with E-state index < -0.39 is 5.66 Å². The van der Waals surface area contributed by atoms with Crippen molar-refractivity contribution in [2.75, 3.05) is 0 Å². The van der Waals surface area contributed by atoms with Crippen LogP contribution in [0, 0.1) is 0 Å². The highest BCUT2D eigenvalue weighted by atomic mass is 16.5. The average Bonchev–Trinajstić information content (AvgIpc) is 3.56. The number of aromatic nitrogens is 4. The van der Waals surface area contributed by atoms with Crippen molar-refractivity contribution in [3.63, 3.8) is 0 Å². The lowest BCUT2D eigenvalue weighted by atomic mass is 9.70. The molecule has 9 heterocycles. The van der Waals surface area contributed by atoms with E-state index in [2.05, 4.69) is 82.2 Å². The molecule has 192 valence electrons. The van der Waals surface area contributed by atoms with Gasteiger partial charge in [-0.1, -0.05) is 24.3 Å². The minimum absolute atomic E-state index is 0.00201. The highest BCUT2D eigenvalue weighted by Crippen LogP contribution is 2.67. The van der Waals surface area contributed by atoms with Gasteiger partial charge in [0.15, 0.2) is 35.0 Å². The maximum absolute atomic E-state index is 6.78. The number of fused-ring (bicyclic) bond motifs is 2. The summed E-state index contributed by atoms with van der Waals surface area (Å²) in [5.41, 5.74) is 13.4. The van der Waals surface area contributed by atoms with E-state index >= 15 is 0 Å². The molecule has 4 aromatic heterocycles. The average molecular weight is 541 g/mol. The fourth-order valence-electron chi connectivity index (χ4n) is 9.42. The van der Waals surface area contributed by atoms with Crippen LogP contribution in [0.25, 0.3) is 22.3 Å². The molecule has 7 heteroatoms. The van der Waals surface area contributed by atoms with Gasteiger partial charge in [-0.15, -0.1) is 9.13 Å². The Labute approximate surface area is 237 Å². The van der Waals surface area contributed by atoms with E-state index in [1.54, 1.807) is 0 Å². The first kappa shape index (κ1) is 19.5. The predicted octanol–water partition coefficient (Wildman–Crippen LogP) is 5.61. The van der Waals surface area contributed by atoms with Gasteiger partial charge in [0.1, 0.15) is 23.3 Å². The summed E-state index contributed by atoms with van der Waals surface area (Å²) >= 11 is 0. The Kier molecular flexibility index (Phi) is 2.67. The molecule has 13 rings (SSSR count). The molecule has 6 aromatic rings. The Morgan fingerprint density at radius 1 is 0.524 bits per heavy atom. The largest absolute Gasteiger partial charge is 0.452 e. The molecule has 1 spiro atoms. The zero-order chi connectivity index (χ0) is 26.6. The van der Waals surface area contributed by atoms with Gasteiger partial charge < -0.3 is 14.2 Å². The highest BCUT2D eigenvalue weighted by Gasteiger charge is 2.74. The van der Waals surface area contributed by atoms with Crippen LogP contribution in [0.4, 0.5) is 0 Å². The molecule has 0 fully saturated rings. The van der Waals surface area contributed by atoms with E-state index in [0.29, 0.717) is 11.8 Å². The van der Waals surface area contributed by atoms with Gasteiger partial charge in [-0.2, -0.15) is 0 Å². The molecule has 0 saturated heterocycles. The number of ether oxygens (including phenoxy) is 3. The minimum atomic E-state index is -0.793. The summed E-state index contributed by atoms with van der Waals surface area (Å²) in [7, 11) is 0. The zero-order valence-electron chi connectivity index (χ0n) is 21.8. The maximum atomic E-state index is 6.78. The molecule has 0 N–H and O–H groups in total. The fraction of sp³-hybridized carbons (Fsp3) is 0.0857. The predicted molar refractivity (Wildman–Crippen MR) is 146 cm³/mol. The molecule has 5 aliphatic heterocycles. The summed E-state index contributed by atoms with van der Waals surface area (Å²) in [5.74, 6) is 4.53. The van der Waals surface area contributed by atoms with Crippen molar-refractivity contribution in [1.29, 1.82) is 0 Å². The summed E-state index contributed by atoms with van der Waals surface area (Å²) in [6, 6.07) is 21.6. The highest BCUT2D eigenvalue weighted by molar-refractivity contribution is 5.87. The molecule has 0 saturated carbocycles. The van der Waals surface area contributed by atoms with Crippen LogP contribution < -0.4 is 23.3 Å². The summed E-state index contributed by atoms with van der Waals surface area (Å²) in [5, 5.41) is 0. The van der Waals surface area contributed by atoms with E-state index in [1.807, 2.05) is 12.4 Å². The lowest BCUT2D eigenvalue weighted by Crippen LogP contribution is -2.80. The Hall–Kier alpha value is -5.56. The van der Waals surface area contributed by atoms with Crippen molar-refractivity contribution in [3.05, 3.63) is 130 Å². The minimum Gasteiger partial charge on any atom is -0.452 e. The molecule has 2 aromatic carbocycles. The monoisotopic (exact) mass is 540 g/mol. The van der Waals surface area contributed by atoms with E-state index in [1.165, 1.54) is 44.8 Å². The summed E-state index contributed by atoms with van der Waals surface area (Å²) in [4.78, 5) is 9.74. The third-order valence-corrected chi connectivity index (χ3v) is 10.6. The van der Waals surface area contributed by atoms with Gasteiger partial charge in [0.05, 0.1) is 34.6 Å². The van der Waals surface area contributed by atoms with Crippen LogP contribution >= 0.6 is 0 Å². The van der Waals surface area contributed by atoms with Gasteiger partial charge in [-0.3, -0.25) is 0 Å². The summed E-state index contributed by atoms with van der Waals surface area (Å²) < 4.78 is 25.0. The van der Waals surface area contributed by atoms with E-state index in [9.17, 15) is 0 Å². The molecule has 0 radical (unpaired) electrons. The summed E-state index contributed by atoms with van der Waals surface area (Å²) in [6.07, 6.45) is 8.16. The summed E-state index contributed by atoms with van der Waals surface area (Å²) in [6.45, 7) is 0. The molecular weight excluding hydrogens is 524 g/mol. The van der Waals surface area contributed by atoms with Gasteiger partial charge in [-0.25, -0.2) is 9.97 Å². The van der Waals surface area contributed by atoms with Crippen LogP contribution in [0.2, 0.25) is 0 Å². The van der Waals surface area contributed by atoms with Crippen molar-refractivity contribution >= 4 is 0 Å². The third kappa shape index (κ3) is 1.66. The normalized spacial score (nSPS) is 22.5. The first-order valence-corrected chi connectivity index (χ1v) is 14.3. The second-order valence-electron chi connectivity index (χ2n) is 12.1. The first-order chi connectivity index (χ1) is 20.8. The van der Waals surface area contributed by atoms with Gasteiger partial charge in [0.2, 0.25) is 23.1 Å². The van der Waals surface area contributed by atoms with E-state index in [0.717, 1.165) is 45.3 Å². The molecule has 0 bridgehead atoms. The fourth-order valence-corrected chi connectivity index (χ4v) is 9.42. The number of rotatable bonds is 0. The maximum Gasteiger partial charge on any atom is 0.423 e. The molecule has 2 aliphatic carbocycles. The molecule has 7 aliphatic rings. The smallest absolute Gasteiger partial charge is 0.423 e. The van der Waals surface area contributed by atoms with Gasteiger partial charge >= 0.3 is 5.66 Å². The van der Waals surface area contributed by atoms with E-state index in [-0.39, 0.29) is 11.8 Å². The van der Waals surface area contributed by atoms with Gasteiger partial charge in [-0.05, 0) is 35.4 Å². The lowest BCUT2D eigenvalue weighted by Gasteiger charge is -2.42. The van der Waals surface area contributed by atoms with Crippen molar-refractivity contribution in [3.8, 4) is 57.0 Å². The second kappa shape index (κ2) is 5.76. The number of hydrogen-bond donors (Lipinski definition) is 0. The van der Waals surface area contributed by atoms with Crippen LogP contribution in [-0.4, -0.2) is 9.97 Å². The molecule has 7 nitrogen and oxygen atoms in total. The second-order valence-corrected chi connectivity index (χ2v) is 12.1. The zero-order valence-corrected chi connectivity index (χ0v) is 21.8. The number of pyridine rings is 4. The standard InChI is InChI=1S/C35H16N4O3/c1-5-15-17-7-3-11-38-31(17)25-23(15)19(9-1)41-33-27(25)29-21(13-36-33)40-22-14-37-34-28-26-24-16(6-2-10-20(24)42-34)18-8-4-12-39(32(18)26)35(29,38)30(22)28/h1-14,25-26H/q+2. The third-order valence-electron chi connectivity index (χ3n) is 10.6. The topological polar surface area (TPSA) is 61.2 Å². The van der Waals surface area contributed by atoms with Crippen LogP contribution in [0.3, 0.4) is 0 Å². The van der Waals surface area contributed by atoms with Crippen LogP contribution in [-0.2, 0) is 5.66 Å². The Balaban J connectivity index is 1.32. The SMILES string of the molecule is c1cc2c3c(c1)-c1ccc[n+]4c1C3c1c(ncc3c1C41c4c(cnc5c4C4c6c(cccc6-c6ccc[n+]1c64)O5)O3)O2. The van der Waals surface area contributed by atoms with Gasteiger partial charge in [0, 0.05) is 23.3 Å². The van der Waals surface area contributed by atoms with Crippen molar-refractivity contribution in [2.45, 2.75) is 17.5 Å². The van der Waals surface area contributed by atoms with Crippen LogP contribution in [0.15, 0.2) is 85.5 Å². The molecule has 2 unspecified atom stereocenters. The number of benzene rings is 2. The van der Waals surface area contributed by atoms with Gasteiger partial charge in [0.25, 0.3) is 0 Å². The van der Waals surface area contributed by atoms with Crippen LogP contribution in [0.5, 0.6) is 34.8 Å². The van der Waals surface area contributed by atoms with Crippen LogP contribution in [0.1, 0.15) is 56.6 Å². The Morgan fingerprint density at radius 3 is 1.55 bits per heavy atom. The first-order valence-electron chi connectivity index (χ1n) is 14.3. The molecular formula is C35H16N4O3+2. The van der Waals surface area contributed by atoms with Crippen molar-refractivity contribution < 1.29 is 23.3 Å². The molecule has 2 atom stereocenters. The van der Waals surface area contributed by atoms with Crippen molar-refractivity contribution in [1.82, 2.24) is 9.97 Å². The lowest BCUT2D eigenvalue weighted by molar-refractivity contribution is -0.979. The van der Waals surface area contributed by atoms with E-state index in [4.69, 9.17) is 24.2 Å². The van der Waals surface area contributed by atoms with Crippen molar-refractivity contribution in [2.24, 2.45) is 0 Å². The number of hydrogen-bond acceptors (Lipinski definition) is 5. The molecule has 42 heavy (non-hydrogen) atoms.